The molecule has 0 unspecified atom stereocenters. The SMILES string of the molecule is COc1cccc(C(=O)N2CCN(Cc3c(-c4ccc(Br)cc4)nc4ccccn34)CC2)n1. The Morgan fingerprint density at radius 2 is 1.76 bits per heavy atom. The maximum atomic E-state index is 12.9. The summed E-state index contributed by atoms with van der Waals surface area (Å²) in [6.07, 6.45) is 2.06. The summed E-state index contributed by atoms with van der Waals surface area (Å²) in [6.45, 7) is 3.64. The van der Waals surface area contributed by atoms with Crippen LogP contribution in [0.15, 0.2) is 71.3 Å². The Morgan fingerprint density at radius 3 is 2.52 bits per heavy atom. The second-order valence-corrected chi connectivity index (χ2v) is 8.89. The summed E-state index contributed by atoms with van der Waals surface area (Å²) in [6, 6.07) is 19.6. The van der Waals surface area contributed by atoms with Gasteiger partial charge in [0.1, 0.15) is 11.3 Å². The lowest BCUT2D eigenvalue weighted by atomic mass is 10.1. The average molecular weight is 506 g/mol. The molecule has 1 saturated heterocycles. The molecule has 0 N–H and O–H groups in total. The Hall–Kier alpha value is -3.23. The molecule has 0 saturated carbocycles. The first-order valence-electron chi connectivity index (χ1n) is 10.9. The molecular weight excluding hydrogens is 482 g/mol. The van der Waals surface area contributed by atoms with Crippen LogP contribution >= 0.6 is 15.9 Å². The Balaban J connectivity index is 1.33. The number of benzene rings is 1. The fraction of sp³-hybridized carbons (Fsp3) is 0.240. The lowest BCUT2D eigenvalue weighted by Crippen LogP contribution is -2.48. The van der Waals surface area contributed by atoms with E-state index in [1.807, 2.05) is 35.2 Å². The molecule has 5 rings (SSSR count). The molecule has 168 valence electrons. The van der Waals surface area contributed by atoms with Gasteiger partial charge in [0.05, 0.1) is 18.5 Å². The highest BCUT2D eigenvalue weighted by molar-refractivity contribution is 9.10. The van der Waals surface area contributed by atoms with Gasteiger partial charge in [0.2, 0.25) is 5.88 Å². The zero-order valence-electron chi connectivity index (χ0n) is 18.3. The lowest BCUT2D eigenvalue weighted by molar-refractivity contribution is 0.0620. The minimum atomic E-state index is -0.0566. The Labute approximate surface area is 200 Å². The number of pyridine rings is 2. The zero-order chi connectivity index (χ0) is 22.8. The summed E-state index contributed by atoms with van der Waals surface area (Å²) in [5, 5.41) is 0. The molecule has 1 amide bonds. The predicted molar refractivity (Wildman–Crippen MR) is 130 cm³/mol. The van der Waals surface area contributed by atoms with Gasteiger partial charge in [-0.15, -0.1) is 0 Å². The summed E-state index contributed by atoms with van der Waals surface area (Å²) in [4.78, 5) is 26.3. The van der Waals surface area contributed by atoms with Gasteiger partial charge < -0.3 is 14.0 Å². The first kappa shape index (κ1) is 21.6. The minimum Gasteiger partial charge on any atom is -0.481 e. The number of aromatic nitrogens is 3. The van der Waals surface area contributed by atoms with Crippen LogP contribution in [0.1, 0.15) is 16.2 Å². The number of nitrogens with zero attached hydrogens (tertiary/aromatic N) is 5. The van der Waals surface area contributed by atoms with Crippen LogP contribution in [0.25, 0.3) is 16.9 Å². The van der Waals surface area contributed by atoms with Crippen molar-refractivity contribution in [1.29, 1.82) is 0 Å². The van der Waals surface area contributed by atoms with Gasteiger partial charge in [-0.3, -0.25) is 9.69 Å². The molecule has 0 bridgehead atoms. The molecule has 4 aromatic rings. The van der Waals surface area contributed by atoms with Gasteiger partial charge in [-0.25, -0.2) is 9.97 Å². The van der Waals surface area contributed by atoms with E-state index < -0.39 is 0 Å². The largest absolute Gasteiger partial charge is 0.481 e. The van der Waals surface area contributed by atoms with Crippen molar-refractivity contribution in [2.24, 2.45) is 0 Å². The molecule has 3 aromatic heterocycles. The van der Waals surface area contributed by atoms with Crippen molar-refractivity contribution in [3.8, 4) is 17.1 Å². The van der Waals surface area contributed by atoms with E-state index in [1.165, 1.54) is 0 Å². The second-order valence-electron chi connectivity index (χ2n) is 7.98. The first-order valence-corrected chi connectivity index (χ1v) is 11.7. The number of carbonyl (C=O) groups excluding carboxylic acids is 1. The Morgan fingerprint density at radius 1 is 0.970 bits per heavy atom. The van der Waals surface area contributed by atoms with E-state index in [0.29, 0.717) is 24.7 Å². The summed E-state index contributed by atoms with van der Waals surface area (Å²) in [5.41, 5.74) is 4.59. The number of fused-ring (bicyclic) bond motifs is 1. The zero-order valence-corrected chi connectivity index (χ0v) is 19.9. The Bertz CT molecular complexity index is 1280. The van der Waals surface area contributed by atoms with Crippen molar-refractivity contribution in [2.45, 2.75) is 6.54 Å². The monoisotopic (exact) mass is 505 g/mol. The quantitative estimate of drug-likeness (QED) is 0.408. The molecule has 7 nitrogen and oxygen atoms in total. The third-order valence-electron chi connectivity index (χ3n) is 5.93. The maximum Gasteiger partial charge on any atom is 0.272 e. The number of imidazole rings is 1. The molecule has 4 heterocycles. The topological polar surface area (TPSA) is 63.0 Å². The number of halogens is 1. The van der Waals surface area contributed by atoms with E-state index in [-0.39, 0.29) is 5.91 Å². The van der Waals surface area contributed by atoms with Crippen molar-refractivity contribution in [3.05, 3.63) is 82.7 Å². The molecule has 1 aromatic carbocycles. The van der Waals surface area contributed by atoms with Gasteiger partial charge in [-0.2, -0.15) is 0 Å². The van der Waals surface area contributed by atoms with E-state index in [9.17, 15) is 4.79 Å². The number of hydrogen-bond acceptors (Lipinski definition) is 5. The standard InChI is InChI=1S/C25H24BrN5O2/c1-33-23-7-4-5-20(27-23)25(32)30-15-13-29(14-16-30)17-21-24(18-8-10-19(26)11-9-18)28-22-6-2-3-12-31(21)22/h2-12H,13-17H2,1H3. The van der Waals surface area contributed by atoms with Crippen LogP contribution < -0.4 is 4.74 Å². The third kappa shape index (κ3) is 4.49. The van der Waals surface area contributed by atoms with Crippen molar-refractivity contribution < 1.29 is 9.53 Å². The van der Waals surface area contributed by atoms with Crippen LogP contribution in [0.2, 0.25) is 0 Å². The molecule has 0 spiro atoms. The highest BCUT2D eigenvalue weighted by Gasteiger charge is 2.25. The van der Waals surface area contributed by atoms with Gasteiger partial charge in [-0.1, -0.05) is 40.2 Å². The fourth-order valence-electron chi connectivity index (χ4n) is 4.17. The van der Waals surface area contributed by atoms with E-state index in [0.717, 1.165) is 46.7 Å². The molecule has 33 heavy (non-hydrogen) atoms. The second kappa shape index (κ2) is 9.33. The van der Waals surface area contributed by atoms with Crippen molar-refractivity contribution in [2.75, 3.05) is 33.3 Å². The molecule has 0 atom stereocenters. The predicted octanol–water partition coefficient (Wildman–Crippen LogP) is 4.13. The number of piperazine rings is 1. The molecule has 1 aliphatic heterocycles. The van der Waals surface area contributed by atoms with E-state index in [4.69, 9.17) is 9.72 Å². The molecule has 1 aliphatic rings. The number of methoxy groups -OCH3 is 1. The first-order chi connectivity index (χ1) is 16.1. The van der Waals surface area contributed by atoms with Crippen LogP contribution in [0.4, 0.5) is 0 Å². The van der Waals surface area contributed by atoms with Gasteiger partial charge in [-0.05, 0) is 30.3 Å². The van der Waals surface area contributed by atoms with Crippen molar-refractivity contribution >= 4 is 27.5 Å². The number of ether oxygens (including phenoxy) is 1. The molecule has 0 radical (unpaired) electrons. The smallest absolute Gasteiger partial charge is 0.272 e. The lowest BCUT2D eigenvalue weighted by Gasteiger charge is -2.34. The number of hydrogen-bond donors (Lipinski definition) is 0. The van der Waals surface area contributed by atoms with Gasteiger partial charge >= 0.3 is 0 Å². The molecular formula is C25H24BrN5O2. The highest BCUT2D eigenvalue weighted by Crippen LogP contribution is 2.27. The van der Waals surface area contributed by atoms with Crippen LogP contribution in [0.3, 0.4) is 0 Å². The number of carbonyl (C=O) groups is 1. The van der Waals surface area contributed by atoms with E-state index >= 15 is 0 Å². The van der Waals surface area contributed by atoms with Crippen LogP contribution in [-0.2, 0) is 6.54 Å². The van der Waals surface area contributed by atoms with Crippen molar-refractivity contribution in [1.82, 2.24) is 24.2 Å². The van der Waals surface area contributed by atoms with E-state index in [1.54, 1.807) is 25.3 Å². The molecule has 8 heteroatoms. The van der Waals surface area contributed by atoms with Gasteiger partial charge in [0.15, 0.2) is 0 Å². The molecule has 1 fully saturated rings. The summed E-state index contributed by atoms with van der Waals surface area (Å²) in [5.74, 6) is 0.395. The summed E-state index contributed by atoms with van der Waals surface area (Å²) < 4.78 is 8.36. The third-order valence-corrected chi connectivity index (χ3v) is 6.46. The fourth-order valence-corrected chi connectivity index (χ4v) is 4.43. The number of rotatable bonds is 5. The highest BCUT2D eigenvalue weighted by atomic mass is 79.9. The maximum absolute atomic E-state index is 12.9. The Kier molecular flexibility index (Phi) is 6.11. The molecule has 0 aliphatic carbocycles. The van der Waals surface area contributed by atoms with Gasteiger partial charge in [0.25, 0.3) is 5.91 Å². The minimum absolute atomic E-state index is 0.0566. The number of amides is 1. The summed E-state index contributed by atoms with van der Waals surface area (Å²) >= 11 is 3.52. The van der Waals surface area contributed by atoms with Crippen LogP contribution in [0, 0.1) is 0 Å². The van der Waals surface area contributed by atoms with Crippen LogP contribution in [-0.4, -0.2) is 63.4 Å². The van der Waals surface area contributed by atoms with E-state index in [2.05, 4.69) is 48.5 Å². The van der Waals surface area contributed by atoms with Crippen LogP contribution in [0.5, 0.6) is 5.88 Å². The normalized spacial score (nSPS) is 14.5. The van der Waals surface area contributed by atoms with Gasteiger partial charge in [0, 0.05) is 55.0 Å². The summed E-state index contributed by atoms with van der Waals surface area (Å²) in [7, 11) is 1.55. The van der Waals surface area contributed by atoms with Crippen molar-refractivity contribution in [3.63, 3.8) is 0 Å². The average Bonchev–Trinajstić information content (AvgIpc) is 3.23.